The minimum Gasteiger partial charge on any atom is -0.347 e. The number of hydrogen-bond acceptors (Lipinski definition) is 5. The van der Waals surface area contributed by atoms with Crippen LogP contribution >= 0.6 is 11.3 Å². The van der Waals surface area contributed by atoms with E-state index >= 15 is 0 Å². The molecule has 0 spiro atoms. The molecular weight excluding hydrogens is 240 g/mol. The zero-order valence-electron chi connectivity index (χ0n) is 9.31. The van der Waals surface area contributed by atoms with Crippen LogP contribution in [0.1, 0.15) is 25.7 Å². The summed E-state index contributed by atoms with van der Waals surface area (Å²) in [6.07, 6.45) is 4.08. The molecule has 0 aromatic carbocycles. The Hall–Kier alpha value is -1.50. The molecular formula is C10H14N4O2S. The molecule has 1 heterocycles. The van der Waals surface area contributed by atoms with Crippen LogP contribution in [0, 0.1) is 5.92 Å². The summed E-state index contributed by atoms with van der Waals surface area (Å²) in [6, 6.07) is 0. The van der Waals surface area contributed by atoms with Gasteiger partial charge >= 0.3 is 0 Å². The highest BCUT2D eigenvalue weighted by Gasteiger charge is 2.22. The van der Waals surface area contributed by atoms with Gasteiger partial charge in [0.05, 0.1) is 6.54 Å². The van der Waals surface area contributed by atoms with Gasteiger partial charge in [-0.2, -0.15) is 0 Å². The Morgan fingerprint density at radius 1 is 1.41 bits per heavy atom. The van der Waals surface area contributed by atoms with Gasteiger partial charge in [-0.25, -0.2) is 0 Å². The molecule has 1 aliphatic rings. The fourth-order valence-corrected chi connectivity index (χ4v) is 2.35. The number of nitrogens with one attached hydrogen (secondary N) is 2. The summed E-state index contributed by atoms with van der Waals surface area (Å²) in [5.74, 6) is -0.202. The fraction of sp³-hybridized carbons (Fsp3) is 0.600. The second-order valence-corrected chi connectivity index (χ2v) is 4.82. The molecule has 17 heavy (non-hydrogen) atoms. The Bertz CT molecular complexity index is 387. The first kappa shape index (κ1) is 12.0. The molecule has 0 atom stereocenters. The number of rotatable bonds is 4. The number of aromatic nitrogens is 2. The van der Waals surface area contributed by atoms with Crippen LogP contribution in [0.5, 0.6) is 0 Å². The fourth-order valence-electron chi connectivity index (χ4n) is 1.89. The van der Waals surface area contributed by atoms with Crippen LogP contribution in [-0.2, 0) is 9.59 Å². The van der Waals surface area contributed by atoms with Crippen molar-refractivity contribution in [1.29, 1.82) is 0 Å². The van der Waals surface area contributed by atoms with Crippen molar-refractivity contribution in [3.8, 4) is 0 Å². The molecule has 2 amide bonds. The lowest BCUT2D eigenvalue weighted by atomic mass is 10.1. The zero-order valence-corrected chi connectivity index (χ0v) is 10.1. The van der Waals surface area contributed by atoms with Gasteiger partial charge in [0.25, 0.3) is 0 Å². The van der Waals surface area contributed by atoms with Gasteiger partial charge in [-0.1, -0.05) is 24.2 Å². The summed E-state index contributed by atoms with van der Waals surface area (Å²) in [5.41, 5.74) is 1.53. The van der Waals surface area contributed by atoms with Crippen LogP contribution in [0.4, 0.5) is 5.13 Å². The monoisotopic (exact) mass is 254 g/mol. The van der Waals surface area contributed by atoms with Crippen molar-refractivity contribution in [2.75, 3.05) is 11.9 Å². The second-order valence-electron chi connectivity index (χ2n) is 3.99. The molecule has 92 valence electrons. The first-order valence-electron chi connectivity index (χ1n) is 5.59. The van der Waals surface area contributed by atoms with Crippen LogP contribution in [0.15, 0.2) is 5.51 Å². The van der Waals surface area contributed by atoms with Gasteiger partial charge in [-0.3, -0.25) is 14.9 Å². The summed E-state index contributed by atoms with van der Waals surface area (Å²) < 4.78 is 0. The molecule has 0 saturated heterocycles. The molecule has 1 fully saturated rings. The van der Waals surface area contributed by atoms with E-state index in [1.54, 1.807) is 0 Å². The van der Waals surface area contributed by atoms with Crippen molar-refractivity contribution >= 4 is 28.3 Å². The third-order valence-electron chi connectivity index (χ3n) is 2.76. The molecule has 7 heteroatoms. The molecule has 1 aromatic heterocycles. The van der Waals surface area contributed by atoms with E-state index in [2.05, 4.69) is 20.8 Å². The first-order chi connectivity index (χ1) is 8.25. The maximum atomic E-state index is 11.6. The Morgan fingerprint density at radius 3 is 2.82 bits per heavy atom. The summed E-state index contributed by atoms with van der Waals surface area (Å²) >= 11 is 1.24. The van der Waals surface area contributed by atoms with E-state index in [4.69, 9.17) is 0 Å². The molecule has 1 aromatic rings. The molecule has 2 rings (SSSR count). The predicted molar refractivity (Wildman–Crippen MR) is 63.5 cm³/mol. The SMILES string of the molecule is O=C(CNC(=O)C1CCCC1)Nc1nncs1. The smallest absolute Gasteiger partial charge is 0.245 e. The van der Waals surface area contributed by atoms with E-state index < -0.39 is 0 Å². The highest BCUT2D eigenvalue weighted by molar-refractivity contribution is 7.13. The highest BCUT2D eigenvalue weighted by atomic mass is 32.1. The van der Waals surface area contributed by atoms with E-state index in [-0.39, 0.29) is 24.3 Å². The van der Waals surface area contributed by atoms with E-state index in [0.29, 0.717) is 5.13 Å². The molecule has 0 bridgehead atoms. The van der Waals surface area contributed by atoms with Crippen LogP contribution in [-0.4, -0.2) is 28.6 Å². The summed E-state index contributed by atoms with van der Waals surface area (Å²) in [7, 11) is 0. The second kappa shape index (κ2) is 5.72. The third-order valence-corrected chi connectivity index (χ3v) is 3.36. The largest absolute Gasteiger partial charge is 0.347 e. The highest BCUT2D eigenvalue weighted by Crippen LogP contribution is 2.24. The van der Waals surface area contributed by atoms with Gasteiger partial charge < -0.3 is 5.32 Å². The Morgan fingerprint density at radius 2 is 2.18 bits per heavy atom. The minimum atomic E-state index is -0.270. The molecule has 6 nitrogen and oxygen atoms in total. The zero-order chi connectivity index (χ0) is 12.1. The van der Waals surface area contributed by atoms with Crippen molar-refractivity contribution in [3.05, 3.63) is 5.51 Å². The van der Waals surface area contributed by atoms with Crippen molar-refractivity contribution in [2.24, 2.45) is 5.92 Å². The number of carbonyl (C=O) groups is 2. The number of nitrogens with zero attached hydrogens (tertiary/aromatic N) is 2. The van der Waals surface area contributed by atoms with E-state index in [1.807, 2.05) is 0 Å². The van der Waals surface area contributed by atoms with Gasteiger partial charge in [-0.15, -0.1) is 10.2 Å². The standard InChI is InChI=1S/C10H14N4O2S/c15-8(13-10-14-12-6-17-10)5-11-9(16)7-3-1-2-4-7/h6-7H,1-5H2,(H,11,16)(H,13,14,15). The average Bonchev–Trinajstić information content (AvgIpc) is 2.97. The molecule has 0 radical (unpaired) electrons. The Balaban J connectivity index is 1.70. The molecule has 0 aliphatic heterocycles. The van der Waals surface area contributed by atoms with E-state index in [9.17, 15) is 9.59 Å². The van der Waals surface area contributed by atoms with Gasteiger partial charge in [0.2, 0.25) is 16.9 Å². The quantitative estimate of drug-likeness (QED) is 0.831. The molecule has 1 saturated carbocycles. The van der Waals surface area contributed by atoms with Gasteiger partial charge in [-0.05, 0) is 12.8 Å². The van der Waals surface area contributed by atoms with Crippen molar-refractivity contribution in [1.82, 2.24) is 15.5 Å². The summed E-state index contributed by atoms with van der Waals surface area (Å²) in [6.45, 7) is -0.00505. The lowest BCUT2D eigenvalue weighted by Crippen LogP contribution is -2.36. The van der Waals surface area contributed by atoms with Crippen LogP contribution in [0.25, 0.3) is 0 Å². The third kappa shape index (κ3) is 3.48. The number of anilines is 1. The minimum absolute atomic E-state index is 0.00505. The van der Waals surface area contributed by atoms with Gasteiger partial charge in [0.15, 0.2) is 0 Å². The lowest BCUT2D eigenvalue weighted by molar-refractivity contribution is -0.127. The van der Waals surface area contributed by atoms with E-state index in [0.717, 1.165) is 25.7 Å². The molecule has 0 unspecified atom stereocenters. The predicted octanol–water partition coefficient (Wildman–Crippen LogP) is 0.783. The van der Waals surface area contributed by atoms with E-state index in [1.165, 1.54) is 16.8 Å². The Kier molecular flexibility index (Phi) is 4.03. The summed E-state index contributed by atoms with van der Waals surface area (Å²) in [5, 5.41) is 12.9. The number of hydrogen-bond donors (Lipinski definition) is 2. The van der Waals surface area contributed by atoms with Crippen LogP contribution in [0.2, 0.25) is 0 Å². The van der Waals surface area contributed by atoms with Crippen LogP contribution in [0.3, 0.4) is 0 Å². The van der Waals surface area contributed by atoms with Crippen molar-refractivity contribution in [3.63, 3.8) is 0 Å². The van der Waals surface area contributed by atoms with Crippen molar-refractivity contribution in [2.45, 2.75) is 25.7 Å². The van der Waals surface area contributed by atoms with Gasteiger partial charge in [0.1, 0.15) is 5.51 Å². The van der Waals surface area contributed by atoms with Crippen molar-refractivity contribution < 1.29 is 9.59 Å². The first-order valence-corrected chi connectivity index (χ1v) is 6.47. The lowest BCUT2D eigenvalue weighted by Gasteiger charge is -2.09. The molecule has 1 aliphatic carbocycles. The number of amides is 2. The maximum absolute atomic E-state index is 11.6. The van der Waals surface area contributed by atoms with Crippen LogP contribution < -0.4 is 10.6 Å². The normalized spacial score (nSPS) is 15.8. The number of carbonyl (C=O) groups excluding carboxylic acids is 2. The van der Waals surface area contributed by atoms with Gasteiger partial charge in [0, 0.05) is 5.92 Å². The maximum Gasteiger partial charge on any atom is 0.245 e. The molecule has 2 N–H and O–H groups in total. The topological polar surface area (TPSA) is 84.0 Å². The Labute approximate surface area is 103 Å². The average molecular weight is 254 g/mol. The summed E-state index contributed by atoms with van der Waals surface area (Å²) in [4.78, 5) is 23.1.